The highest BCUT2D eigenvalue weighted by Gasteiger charge is 2.46. The maximum atomic E-state index is 11.7. The van der Waals surface area contributed by atoms with Crippen molar-refractivity contribution in [2.45, 2.75) is 46.5 Å². The van der Waals surface area contributed by atoms with Crippen LogP contribution in [0.4, 0.5) is 0 Å². The fraction of sp³-hybridized carbons (Fsp3) is 0.800. The van der Waals surface area contributed by atoms with Crippen molar-refractivity contribution in [2.24, 2.45) is 29.6 Å². The molecule has 2 aliphatic rings. The first-order chi connectivity index (χ1) is 7.52. The zero-order valence-corrected chi connectivity index (χ0v) is 10.8. The molecule has 0 aliphatic heterocycles. The van der Waals surface area contributed by atoms with E-state index < -0.39 is 0 Å². The third kappa shape index (κ3) is 1.85. The summed E-state index contributed by atoms with van der Waals surface area (Å²) in [7, 11) is 0. The van der Waals surface area contributed by atoms with Gasteiger partial charge in [-0.15, -0.1) is 0 Å². The first kappa shape index (κ1) is 11.9. The van der Waals surface area contributed by atoms with E-state index in [1.165, 1.54) is 24.8 Å². The zero-order valence-electron chi connectivity index (χ0n) is 10.8. The van der Waals surface area contributed by atoms with Gasteiger partial charge >= 0.3 is 0 Å². The molecule has 0 amide bonds. The maximum Gasteiger partial charge on any atom is 0.133 e. The summed E-state index contributed by atoms with van der Waals surface area (Å²) in [5.74, 6) is 3.45. The average molecular weight is 220 g/mol. The molecule has 2 aliphatic carbocycles. The van der Waals surface area contributed by atoms with E-state index >= 15 is 0 Å². The van der Waals surface area contributed by atoms with Gasteiger partial charge in [0.05, 0.1) is 0 Å². The molecule has 0 radical (unpaired) electrons. The van der Waals surface area contributed by atoms with E-state index in [1.807, 2.05) is 0 Å². The first-order valence-electron chi connectivity index (χ1n) is 6.70. The first-order valence-corrected chi connectivity index (χ1v) is 6.70. The monoisotopic (exact) mass is 220 g/mol. The summed E-state index contributed by atoms with van der Waals surface area (Å²) in [5.41, 5.74) is 1.42. The minimum absolute atomic E-state index is 0.328. The molecule has 0 aromatic rings. The van der Waals surface area contributed by atoms with E-state index in [-0.39, 0.29) is 0 Å². The van der Waals surface area contributed by atoms with Crippen LogP contribution >= 0.6 is 0 Å². The van der Waals surface area contributed by atoms with Crippen molar-refractivity contribution in [2.75, 3.05) is 0 Å². The van der Waals surface area contributed by atoms with Crippen molar-refractivity contribution in [3.8, 4) is 0 Å². The number of Topliss-reactive ketones (excluding diaryl/α,β-unsaturated/α-hetero) is 1. The van der Waals surface area contributed by atoms with E-state index in [4.69, 9.17) is 0 Å². The van der Waals surface area contributed by atoms with Crippen LogP contribution in [0.5, 0.6) is 0 Å². The van der Waals surface area contributed by atoms with Crippen LogP contribution in [-0.2, 0) is 4.79 Å². The minimum Gasteiger partial charge on any atom is -0.300 e. The van der Waals surface area contributed by atoms with Crippen LogP contribution in [0.15, 0.2) is 12.2 Å². The van der Waals surface area contributed by atoms with Gasteiger partial charge in [-0.2, -0.15) is 0 Å². The molecular weight excluding hydrogens is 196 g/mol. The molecule has 0 heterocycles. The molecule has 2 rings (SSSR count). The predicted molar refractivity (Wildman–Crippen MR) is 67.1 cm³/mol. The quantitative estimate of drug-likeness (QED) is 0.646. The van der Waals surface area contributed by atoms with Crippen molar-refractivity contribution >= 4 is 5.78 Å². The highest BCUT2D eigenvalue weighted by molar-refractivity contribution is 5.79. The number of fused-ring (bicyclic) bond motifs is 1. The van der Waals surface area contributed by atoms with Crippen LogP contribution in [0.3, 0.4) is 0 Å². The van der Waals surface area contributed by atoms with Crippen molar-refractivity contribution in [3.05, 3.63) is 12.2 Å². The van der Waals surface area contributed by atoms with Crippen molar-refractivity contribution in [3.63, 3.8) is 0 Å². The van der Waals surface area contributed by atoms with Gasteiger partial charge in [-0.25, -0.2) is 0 Å². The van der Waals surface area contributed by atoms with Crippen LogP contribution in [-0.4, -0.2) is 5.78 Å². The molecule has 2 saturated carbocycles. The van der Waals surface area contributed by atoms with Gasteiger partial charge in [-0.05, 0) is 56.3 Å². The average Bonchev–Trinajstić information content (AvgIpc) is 2.62. The molecule has 3 unspecified atom stereocenters. The van der Waals surface area contributed by atoms with Crippen LogP contribution < -0.4 is 0 Å². The van der Waals surface area contributed by atoms with Gasteiger partial charge in [0.2, 0.25) is 0 Å². The molecular formula is C15H24O. The molecule has 4 atom stereocenters. The Morgan fingerprint density at radius 2 is 2.00 bits per heavy atom. The van der Waals surface area contributed by atoms with Gasteiger partial charge in [-0.3, -0.25) is 4.79 Å². The Hall–Kier alpha value is -0.590. The Balaban J connectivity index is 2.25. The maximum absolute atomic E-state index is 11.7. The summed E-state index contributed by atoms with van der Waals surface area (Å²) in [4.78, 5) is 11.7. The van der Waals surface area contributed by atoms with E-state index in [0.717, 1.165) is 12.3 Å². The van der Waals surface area contributed by atoms with Crippen molar-refractivity contribution in [1.29, 1.82) is 0 Å². The zero-order chi connectivity index (χ0) is 11.9. The summed E-state index contributed by atoms with van der Waals surface area (Å²) in [6.45, 7) is 10.6. The van der Waals surface area contributed by atoms with Gasteiger partial charge in [0, 0.05) is 5.92 Å². The Morgan fingerprint density at radius 1 is 1.31 bits per heavy atom. The van der Waals surface area contributed by atoms with Crippen LogP contribution in [0, 0.1) is 29.6 Å². The SMILES string of the molecule is C=C1CC[C@H](C(C)C)C2C1CCC2C(C)=O. The molecule has 1 nitrogen and oxygen atoms in total. The Labute approximate surface area is 99.3 Å². The molecule has 0 spiro atoms. The summed E-state index contributed by atoms with van der Waals surface area (Å²) in [6, 6.07) is 0. The molecule has 0 N–H and O–H groups in total. The van der Waals surface area contributed by atoms with E-state index in [2.05, 4.69) is 20.4 Å². The molecule has 0 aromatic heterocycles. The largest absolute Gasteiger partial charge is 0.300 e. The van der Waals surface area contributed by atoms with E-state index in [9.17, 15) is 4.79 Å². The fourth-order valence-electron chi connectivity index (χ4n) is 4.08. The third-order valence-corrected chi connectivity index (χ3v) is 4.91. The fourth-order valence-corrected chi connectivity index (χ4v) is 4.08. The van der Waals surface area contributed by atoms with Crippen molar-refractivity contribution in [1.82, 2.24) is 0 Å². The topological polar surface area (TPSA) is 17.1 Å². The molecule has 0 saturated heterocycles. The van der Waals surface area contributed by atoms with Crippen LogP contribution in [0.2, 0.25) is 0 Å². The van der Waals surface area contributed by atoms with Gasteiger partial charge < -0.3 is 0 Å². The van der Waals surface area contributed by atoms with Gasteiger partial charge in [0.1, 0.15) is 5.78 Å². The summed E-state index contributed by atoms with van der Waals surface area (Å²) in [6.07, 6.45) is 4.75. The summed E-state index contributed by atoms with van der Waals surface area (Å²) < 4.78 is 0. The number of hydrogen-bond donors (Lipinski definition) is 0. The van der Waals surface area contributed by atoms with Crippen LogP contribution in [0.25, 0.3) is 0 Å². The number of hydrogen-bond acceptors (Lipinski definition) is 1. The van der Waals surface area contributed by atoms with Crippen molar-refractivity contribution < 1.29 is 4.79 Å². The number of allylic oxidation sites excluding steroid dienone is 1. The summed E-state index contributed by atoms with van der Waals surface area (Å²) in [5, 5.41) is 0. The lowest BCUT2D eigenvalue weighted by Gasteiger charge is -2.40. The Morgan fingerprint density at radius 3 is 2.56 bits per heavy atom. The van der Waals surface area contributed by atoms with E-state index in [1.54, 1.807) is 6.92 Å². The normalized spacial score (nSPS) is 38.9. The summed E-state index contributed by atoms with van der Waals surface area (Å²) >= 11 is 0. The second-order valence-corrected chi connectivity index (χ2v) is 6.08. The molecule has 90 valence electrons. The van der Waals surface area contributed by atoms with Gasteiger partial charge in [0.25, 0.3) is 0 Å². The minimum atomic E-state index is 0.328. The van der Waals surface area contributed by atoms with E-state index in [0.29, 0.717) is 29.5 Å². The Bertz CT molecular complexity index is 297. The molecule has 0 aromatic carbocycles. The van der Waals surface area contributed by atoms with Gasteiger partial charge in [0.15, 0.2) is 0 Å². The second-order valence-electron chi connectivity index (χ2n) is 6.08. The Kier molecular flexibility index (Phi) is 3.23. The highest BCUT2D eigenvalue weighted by Crippen LogP contribution is 2.52. The molecule has 2 fully saturated rings. The third-order valence-electron chi connectivity index (χ3n) is 4.91. The lowest BCUT2D eigenvalue weighted by Crippen LogP contribution is -2.35. The standard InChI is InChI=1S/C15H24O/c1-9(2)12-6-5-10(3)13-7-8-14(11(4)16)15(12)13/h9,12-15H,3,5-8H2,1-2,4H3/t12-,13?,14?,15?/m1/s1. The number of rotatable bonds is 2. The lowest BCUT2D eigenvalue weighted by atomic mass is 9.64. The number of carbonyl (C=O) groups excluding carboxylic acids is 1. The number of ketones is 1. The molecule has 16 heavy (non-hydrogen) atoms. The molecule has 1 heteroatoms. The lowest BCUT2D eigenvalue weighted by molar-refractivity contribution is -0.123. The predicted octanol–water partition coefficient (Wildman–Crippen LogP) is 3.84. The second kappa shape index (κ2) is 4.35. The highest BCUT2D eigenvalue weighted by atomic mass is 16.1. The van der Waals surface area contributed by atoms with Gasteiger partial charge in [-0.1, -0.05) is 26.0 Å². The molecule has 0 bridgehead atoms. The smallest absolute Gasteiger partial charge is 0.133 e. The van der Waals surface area contributed by atoms with Crippen LogP contribution in [0.1, 0.15) is 46.5 Å². The number of carbonyl (C=O) groups is 1.